The van der Waals surface area contributed by atoms with Crippen LogP contribution in [0.5, 0.6) is 0 Å². The number of hydrogen-bond donors (Lipinski definition) is 2. The first kappa shape index (κ1) is 16.7. The van der Waals surface area contributed by atoms with Gasteiger partial charge in [0.05, 0.1) is 5.56 Å². The predicted molar refractivity (Wildman–Crippen MR) is 77.3 cm³/mol. The van der Waals surface area contributed by atoms with Crippen LogP contribution in [0.3, 0.4) is 0 Å². The van der Waals surface area contributed by atoms with E-state index in [1.54, 1.807) is 18.2 Å². The van der Waals surface area contributed by atoms with Gasteiger partial charge in [-0.3, -0.25) is 4.79 Å². The third-order valence-electron chi connectivity index (χ3n) is 2.01. The van der Waals surface area contributed by atoms with Gasteiger partial charge in [-0.1, -0.05) is 18.5 Å². The van der Waals surface area contributed by atoms with Gasteiger partial charge in [-0.15, -0.1) is 12.4 Å². The number of rotatable bonds is 5. The van der Waals surface area contributed by atoms with E-state index in [0.29, 0.717) is 17.1 Å². The number of nitrogens with one attached hydrogen (secondary N) is 2. The van der Waals surface area contributed by atoms with Crippen molar-refractivity contribution in [2.24, 2.45) is 0 Å². The van der Waals surface area contributed by atoms with E-state index in [1.165, 1.54) is 0 Å². The van der Waals surface area contributed by atoms with E-state index < -0.39 is 0 Å². The van der Waals surface area contributed by atoms with Gasteiger partial charge in [0.2, 0.25) is 0 Å². The van der Waals surface area contributed by atoms with Gasteiger partial charge in [-0.2, -0.15) is 0 Å². The number of carbonyl (C=O) groups excluding carboxylic acids is 1. The second-order valence-electron chi connectivity index (χ2n) is 3.23. The third-order valence-corrected chi connectivity index (χ3v) is 2.94. The molecule has 0 fully saturated rings. The molecule has 3 nitrogen and oxygen atoms in total. The molecule has 0 bridgehead atoms. The summed E-state index contributed by atoms with van der Waals surface area (Å²) in [5.74, 6) is -0.118. The van der Waals surface area contributed by atoms with Gasteiger partial charge in [-0.05, 0) is 40.7 Å². The molecule has 0 radical (unpaired) electrons. The normalized spacial score (nSPS) is 9.59. The van der Waals surface area contributed by atoms with Gasteiger partial charge in [0.1, 0.15) is 0 Å². The summed E-state index contributed by atoms with van der Waals surface area (Å²) in [4.78, 5) is 11.8. The summed E-state index contributed by atoms with van der Waals surface area (Å²) < 4.78 is 0.748. The molecule has 0 atom stereocenters. The van der Waals surface area contributed by atoms with Crippen molar-refractivity contribution in [3.05, 3.63) is 33.3 Å². The lowest BCUT2D eigenvalue weighted by Crippen LogP contribution is -2.31. The molecule has 0 aliphatic rings. The Balaban J connectivity index is 0.00000256. The Bertz CT molecular complexity index is 374. The second-order valence-corrected chi connectivity index (χ2v) is 4.52. The molecule has 1 aromatic rings. The van der Waals surface area contributed by atoms with E-state index in [-0.39, 0.29) is 18.3 Å². The maximum absolute atomic E-state index is 11.8. The van der Waals surface area contributed by atoms with Crippen molar-refractivity contribution in [2.75, 3.05) is 19.6 Å². The number of halogens is 3. The summed E-state index contributed by atoms with van der Waals surface area (Å²) in [6.07, 6.45) is 0. The van der Waals surface area contributed by atoms with Gasteiger partial charge in [0.15, 0.2) is 0 Å². The summed E-state index contributed by atoms with van der Waals surface area (Å²) in [7, 11) is 0. The molecule has 0 heterocycles. The lowest BCUT2D eigenvalue weighted by molar-refractivity contribution is 0.0953. The van der Waals surface area contributed by atoms with E-state index in [0.717, 1.165) is 17.6 Å². The third kappa shape index (κ3) is 5.73. The van der Waals surface area contributed by atoms with Crippen LogP contribution in [0.4, 0.5) is 0 Å². The van der Waals surface area contributed by atoms with Crippen LogP contribution in [0.25, 0.3) is 0 Å². The van der Waals surface area contributed by atoms with Crippen LogP contribution < -0.4 is 10.6 Å². The number of benzene rings is 1. The van der Waals surface area contributed by atoms with Gasteiger partial charge in [0.25, 0.3) is 5.91 Å². The quantitative estimate of drug-likeness (QED) is 0.808. The Morgan fingerprint density at radius 3 is 2.76 bits per heavy atom. The number of hydrogen-bond acceptors (Lipinski definition) is 2. The monoisotopic (exact) mass is 340 g/mol. The molecule has 0 aromatic heterocycles. The molecule has 96 valence electrons. The summed E-state index contributed by atoms with van der Waals surface area (Å²) in [5.41, 5.74) is 0.559. The van der Waals surface area contributed by atoms with Crippen LogP contribution in [0.1, 0.15) is 17.3 Å². The molecular formula is C11H15BrCl2N2O. The Morgan fingerprint density at radius 1 is 1.41 bits per heavy atom. The fourth-order valence-electron chi connectivity index (χ4n) is 1.21. The summed E-state index contributed by atoms with van der Waals surface area (Å²) in [6, 6.07) is 5.15. The molecule has 6 heteroatoms. The van der Waals surface area contributed by atoms with Crippen LogP contribution in [0.15, 0.2) is 22.7 Å². The highest BCUT2D eigenvalue weighted by Crippen LogP contribution is 2.20. The molecule has 17 heavy (non-hydrogen) atoms. The summed E-state index contributed by atoms with van der Waals surface area (Å²) in [5, 5.41) is 6.50. The molecule has 0 aliphatic carbocycles. The van der Waals surface area contributed by atoms with Crippen LogP contribution in [-0.4, -0.2) is 25.5 Å². The highest BCUT2D eigenvalue weighted by atomic mass is 79.9. The molecule has 0 aliphatic heterocycles. The van der Waals surface area contributed by atoms with Crippen molar-refractivity contribution in [2.45, 2.75) is 6.92 Å². The van der Waals surface area contributed by atoms with E-state index in [4.69, 9.17) is 11.6 Å². The minimum Gasteiger partial charge on any atom is -0.351 e. The zero-order chi connectivity index (χ0) is 12.0. The SMILES string of the molecule is CCNCCNC(=O)c1cc(Cl)ccc1Br.Cl. The molecule has 0 spiro atoms. The highest BCUT2D eigenvalue weighted by Gasteiger charge is 2.09. The number of likely N-dealkylation sites (N-methyl/N-ethyl adjacent to an activating group) is 1. The average molecular weight is 342 g/mol. The number of amides is 1. The van der Waals surface area contributed by atoms with E-state index in [1.807, 2.05) is 6.92 Å². The summed E-state index contributed by atoms with van der Waals surface area (Å²) in [6.45, 7) is 4.29. The molecule has 0 unspecified atom stereocenters. The fourth-order valence-corrected chi connectivity index (χ4v) is 1.81. The Hall–Kier alpha value is -0.290. The first-order valence-electron chi connectivity index (χ1n) is 5.09. The molecule has 1 rings (SSSR count). The minimum absolute atomic E-state index is 0. The van der Waals surface area contributed by atoms with Crippen molar-refractivity contribution >= 4 is 45.8 Å². The minimum atomic E-state index is -0.118. The largest absolute Gasteiger partial charge is 0.351 e. The van der Waals surface area contributed by atoms with Crippen LogP contribution in [0.2, 0.25) is 5.02 Å². The Kier molecular flexibility index (Phi) is 8.60. The van der Waals surface area contributed by atoms with Crippen molar-refractivity contribution in [3.63, 3.8) is 0 Å². The van der Waals surface area contributed by atoms with Gasteiger partial charge in [-0.25, -0.2) is 0 Å². The van der Waals surface area contributed by atoms with Crippen LogP contribution in [-0.2, 0) is 0 Å². The second kappa shape index (κ2) is 8.75. The van der Waals surface area contributed by atoms with Crippen molar-refractivity contribution in [1.29, 1.82) is 0 Å². The van der Waals surface area contributed by atoms with Crippen LogP contribution >= 0.6 is 39.9 Å². The molecule has 1 aromatic carbocycles. The van der Waals surface area contributed by atoms with E-state index in [9.17, 15) is 4.79 Å². The maximum atomic E-state index is 11.8. The topological polar surface area (TPSA) is 41.1 Å². The van der Waals surface area contributed by atoms with Crippen LogP contribution in [0, 0.1) is 0 Å². The zero-order valence-corrected chi connectivity index (χ0v) is 12.6. The lowest BCUT2D eigenvalue weighted by atomic mass is 10.2. The lowest BCUT2D eigenvalue weighted by Gasteiger charge is -2.07. The number of carbonyl (C=O) groups is 1. The predicted octanol–water partition coefficient (Wildman–Crippen LogP) is 2.86. The summed E-state index contributed by atoms with van der Waals surface area (Å²) >= 11 is 9.15. The van der Waals surface area contributed by atoms with Crippen molar-refractivity contribution in [3.8, 4) is 0 Å². The van der Waals surface area contributed by atoms with Crippen molar-refractivity contribution < 1.29 is 4.79 Å². The fraction of sp³-hybridized carbons (Fsp3) is 0.364. The van der Waals surface area contributed by atoms with Crippen molar-refractivity contribution in [1.82, 2.24) is 10.6 Å². The highest BCUT2D eigenvalue weighted by molar-refractivity contribution is 9.10. The first-order chi connectivity index (χ1) is 7.65. The first-order valence-corrected chi connectivity index (χ1v) is 6.26. The smallest absolute Gasteiger partial charge is 0.252 e. The average Bonchev–Trinajstić information content (AvgIpc) is 2.27. The van der Waals surface area contributed by atoms with Gasteiger partial charge >= 0.3 is 0 Å². The van der Waals surface area contributed by atoms with E-state index in [2.05, 4.69) is 26.6 Å². The molecule has 0 saturated carbocycles. The maximum Gasteiger partial charge on any atom is 0.252 e. The van der Waals surface area contributed by atoms with E-state index >= 15 is 0 Å². The Morgan fingerprint density at radius 2 is 2.12 bits per heavy atom. The van der Waals surface area contributed by atoms with Gasteiger partial charge in [0, 0.05) is 22.6 Å². The van der Waals surface area contributed by atoms with Gasteiger partial charge < -0.3 is 10.6 Å². The molecule has 1 amide bonds. The molecular weight excluding hydrogens is 327 g/mol. The Labute approximate surface area is 121 Å². The standard InChI is InChI=1S/C11H14BrClN2O.ClH/c1-2-14-5-6-15-11(16)9-7-8(13)3-4-10(9)12;/h3-4,7,14H,2,5-6H2,1H3,(H,15,16);1H. The zero-order valence-electron chi connectivity index (χ0n) is 9.43. The molecule has 0 saturated heterocycles. The molecule has 2 N–H and O–H groups in total.